The first-order valence-electron chi connectivity index (χ1n) is 6.18. The third-order valence-corrected chi connectivity index (χ3v) is 4.05. The Morgan fingerprint density at radius 1 is 1.31 bits per heavy atom. The first-order chi connectivity index (χ1) is 7.77. The number of fused-ring (bicyclic) bond motifs is 3. The van der Waals surface area contributed by atoms with E-state index in [4.69, 9.17) is 0 Å². The number of para-hydroxylation sites is 1. The van der Waals surface area contributed by atoms with E-state index in [2.05, 4.69) is 54.8 Å². The second-order valence-electron chi connectivity index (χ2n) is 4.92. The Morgan fingerprint density at radius 3 is 2.94 bits per heavy atom. The lowest BCUT2D eigenvalue weighted by molar-refractivity contribution is -0.433. The topological polar surface area (TPSA) is 3.01 Å². The molecular weight excluding hydrogens is 194 g/mol. The van der Waals surface area contributed by atoms with Crippen LogP contribution in [0.3, 0.4) is 0 Å². The third kappa shape index (κ3) is 1.09. The molecule has 0 N–H and O–H groups in total. The highest BCUT2D eigenvalue weighted by Crippen LogP contribution is 2.44. The molecule has 0 radical (unpaired) electrons. The van der Waals surface area contributed by atoms with Crippen LogP contribution in [0, 0.1) is 0 Å². The van der Waals surface area contributed by atoms with Crippen LogP contribution in [-0.2, 0) is 5.41 Å². The summed E-state index contributed by atoms with van der Waals surface area (Å²) >= 11 is 0. The molecule has 3 rings (SSSR count). The van der Waals surface area contributed by atoms with Crippen LogP contribution in [0.25, 0.3) is 0 Å². The highest BCUT2D eigenvalue weighted by Gasteiger charge is 2.47. The summed E-state index contributed by atoms with van der Waals surface area (Å²) in [7, 11) is 0. The molecule has 0 bridgehead atoms. The third-order valence-electron chi connectivity index (χ3n) is 4.05. The zero-order valence-corrected chi connectivity index (χ0v) is 10.0. The van der Waals surface area contributed by atoms with Crippen LogP contribution in [0.15, 0.2) is 36.4 Å². The van der Waals surface area contributed by atoms with Crippen LogP contribution >= 0.6 is 0 Å². The summed E-state index contributed by atoms with van der Waals surface area (Å²) in [5.74, 6) is 0. The summed E-state index contributed by atoms with van der Waals surface area (Å²) in [6.45, 7) is 5.69. The van der Waals surface area contributed by atoms with Gasteiger partial charge in [0, 0.05) is 17.7 Å². The minimum Gasteiger partial charge on any atom is -0.195 e. The molecule has 0 aromatic heterocycles. The predicted molar refractivity (Wildman–Crippen MR) is 67.6 cm³/mol. The Kier molecular flexibility index (Phi) is 2.03. The Morgan fingerprint density at radius 2 is 2.12 bits per heavy atom. The maximum absolute atomic E-state index is 2.46. The van der Waals surface area contributed by atoms with E-state index < -0.39 is 0 Å². The van der Waals surface area contributed by atoms with E-state index in [9.17, 15) is 0 Å². The number of hydrogen-bond donors (Lipinski definition) is 0. The first kappa shape index (κ1) is 9.83. The smallest absolute Gasteiger partial charge is 0.195 e. The van der Waals surface area contributed by atoms with Gasteiger partial charge in [0.25, 0.3) is 0 Å². The number of nitrogens with zero attached hydrogens (tertiary/aromatic N) is 1. The second-order valence-corrected chi connectivity index (χ2v) is 4.92. The molecule has 0 amide bonds. The fourth-order valence-corrected chi connectivity index (χ4v) is 3.19. The van der Waals surface area contributed by atoms with Gasteiger partial charge in [-0.05, 0) is 26.7 Å². The van der Waals surface area contributed by atoms with Crippen molar-refractivity contribution in [3.05, 3.63) is 42.0 Å². The molecule has 1 atom stereocenters. The number of allylic oxidation sites excluding steroid dienone is 2. The number of rotatable bonds is 1. The average Bonchev–Trinajstić information content (AvgIpc) is 2.58. The lowest BCUT2D eigenvalue weighted by Crippen LogP contribution is -2.32. The van der Waals surface area contributed by atoms with Crippen LogP contribution in [0.5, 0.6) is 0 Å². The molecule has 0 saturated carbocycles. The Balaban J connectivity index is 2.31. The SMILES string of the molecule is CC[N+]1=C2C=CCCC2(C)c2ccccc21. The molecule has 1 aliphatic heterocycles. The van der Waals surface area contributed by atoms with E-state index in [1.54, 1.807) is 0 Å². The van der Waals surface area contributed by atoms with Crippen LogP contribution in [0.4, 0.5) is 5.69 Å². The lowest BCUT2D eigenvalue weighted by Gasteiger charge is -2.24. The lowest BCUT2D eigenvalue weighted by atomic mass is 9.73. The summed E-state index contributed by atoms with van der Waals surface area (Å²) in [5, 5.41) is 0. The van der Waals surface area contributed by atoms with Crippen molar-refractivity contribution in [2.24, 2.45) is 0 Å². The van der Waals surface area contributed by atoms with Gasteiger partial charge < -0.3 is 0 Å². The highest BCUT2D eigenvalue weighted by molar-refractivity contribution is 6.04. The van der Waals surface area contributed by atoms with E-state index in [0.717, 1.165) is 6.54 Å². The Bertz CT molecular complexity index is 496. The van der Waals surface area contributed by atoms with Crippen molar-refractivity contribution in [3.8, 4) is 0 Å². The van der Waals surface area contributed by atoms with Crippen LogP contribution in [0.1, 0.15) is 32.3 Å². The summed E-state index contributed by atoms with van der Waals surface area (Å²) < 4.78 is 2.46. The van der Waals surface area contributed by atoms with Crippen molar-refractivity contribution in [2.45, 2.75) is 32.1 Å². The molecule has 0 saturated heterocycles. The summed E-state index contributed by atoms with van der Waals surface area (Å²) in [5.41, 5.74) is 4.66. The van der Waals surface area contributed by atoms with Gasteiger partial charge in [-0.2, -0.15) is 4.58 Å². The van der Waals surface area contributed by atoms with Crippen molar-refractivity contribution in [3.63, 3.8) is 0 Å². The van der Waals surface area contributed by atoms with Crippen molar-refractivity contribution in [1.82, 2.24) is 0 Å². The van der Waals surface area contributed by atoms with Gasteiger partial charge in [-0.1, -0.05) is 24.3 Å². The maximum atomic E-state index is 2.46. The largest absolute Gasteiger partial charge is 0.209 e. The second kappa shape index (κ2) is 3.31. The molecule has 82 valence electrons. The molecule has 1 nitrogen and oxygen atoms in total. The van der Waals surface area contributed by atoms with Gasteiger partial charge in [-0.3, -0.25) is 0 Å². The summed E-state index contributed by atoms with van der Waals surface area (Å²) in [6.07, 6.45) is 7.08. The molecule has 1 aromatic carbocycles. The van der Waals surface area contributed by atoms with Crippen LogP contribution in [0.2, 0.25) is 0 Å². The van der Waals surface area contributed by atoms with Crippen LogP contribution < -0.4 is 0 Å². The molecular formula is C15H18N+. The predicted octanol–water partition coefficient (Wildman–Crippen LogP) is 3.41. The van der Waals surface area contributed by atoms with Crippen LogP contribution in [-0.4, -0.2) is 16.8 Å². The normalized spacial score (nSPS) is 26.9. The van der Waals surface area contributed by atoms with E-state index in [1.165, 1.54) is 29.8 Å². The molecule has 2 aliphatic rings. The summed E-state index contributed by atoms with van der Waals surface area (Å²) in [4.78, 5) is 0. The summed E-state index contributed by atoms with van der Waals surface area (Å²) in [6, 6.07) is 8.86. The standard InChI is InChI=1S/C15H18N/c1-3-16-13-9-5-4-8-12(13)15(2)11-7-6-10-14(15)16/h4-6,8-10H,3,7,11H2,1-2H3/q+1. The molecule has 16 heavy (non-hydrogen) atoms. The molecule has 1 unspecified atom stereocenters. The van der Waals surface area contributed by atoms with E-state index in [-0.39, 0.29) is 5.41 Å². The quantitative estimate of drug-likeness (QED) is 0.628. The Hall–Kier alpha value is -1.37. The maximum Gasteiger partial charge on any atom is 0.209 e. The van der Waals surface area contributed by atoms with Gasteiger partial charge in [0.1, 0.15) is 6.54 Å². The molecule has 1 aliphatic carbocycles. The molecule has 1 aromatic rings. The minimum atomic E-state index is 0.251. The Labute approximate surface area is 97.1 Å². The highest BCUT2D eigenvalue weighted by atomic mass is 15.1. The van der Waals surface area contributed by atoms with Gasteiger partial charge in [0.05, 0.1) is 5.41 Å². The van der Waals surface area contributed by atoms with Gasteiger partial charge in [-0.25, -0.2) is 0 Å². The molecule has 1 heterocycles. The van der Waals surface area contributed by atoms with Crippen molar-refractivity contribution in [2.75, 3.05) is 6.54 Å². The fraction of sp³-hybridized carbons (Fsp3) is 0.400. The molecule has 0 fully saturated rings. The fourth-order valence-electron chi connectivity index (χ4n) is 3.19. The van der Waals surface area contributed by atoms with Crippen molar-refractivity contribution >= 4 is 11.4 Å². The van der Waals surface area contributed by atoms with Gasteiger partial charge >= 0.3 is 0 Å². The van der Waals surface area contributed by atoms with Gasteiger partial charge in [0.2, 0.25) is 5.69 Å². The zero-order chi connectivity index (χ0) is 11.2. The van der Waals surface area contributed by atoms with Crippen molar-refractivity contribution < 1.29 is 4.58 Å². The zero-order valence-electron chi connectivity index (χ0n) is 10.0. The number of benzene rings is 1. The van der Waals surface area contributed by atoms with Gasteiger partial charge in [-0.15, -0.1) is 0 Å². The minimum absolute atomic E-state index is 0.251. The molecule has 0 spiro atoms. The monoisotopic (exact) mass is 212 g/mol. The first-order valence-corrected chi connectivity index (χ1v) is 6.18. The van der Waals surface area contributed by atoms with Crippen molar-refractivity contribution in [1.29, 1.82) is 0 Å². The van der Waals surface area contributed by atoms with E-state index >= 15 is 0 Å². The van der Waals surface area contributed by atoms with Gasteiger partial charge in [0.15, 0.2) is 5.71 Å². The van der Waals surface area contributed by atoms with E-state index in [0.29, 0.717) is 0 Å². The number of hydrogen-bond acceptors (Lipinski definition) is 0. The van der Waals surface area contributed by atoms with E-state index in [1.807, 2.05) is 0 Å². The average molecular weight is 212 g/mol. The molecule has 1 heteroatoms.